The van der Waals surface area contributed by atoms with Crippen LogP contribution in [0.25, 0.3) is 11.1 Å². The number of carbonyl (C=O) groups excluding carboxylic acids is 1. The van der Waals surface area contributed by atoms with E-state index in [2.05, 4.69) is 20.2 Å². The summed E-state index contributed by atoms with van der Waals surface area (Å²) in [5.41, 5.74) is 2.84. The summed E-state index contributed by atoms with van der Waals surface area (Å²) in [6.07, 6.45) is 6.57. The van der Waals surface area contributed by atoms with Crippen LogP contribution in [0.15, 0.2) is 48.8 Å². The van der Waals surface area contributed by atoms with E-state index >= 15 is 0 Å². The van der Waals surface area contributed by atoms with E-state index in [9.17, 15) is 4.79 Å². The first-order valence-corrected chi connectivity index (χ1v) is 13.2. The Bertz CT molecular complexity index is 1210. The molecular formula is C28H32Cl2N4O3. The molecule has 1 amide bonds. The Hall–Kier alpha value is -2.87. The summed E-state index contributed by atoms with van der Waals surface area (Å²) in [6, 6.07) is 11.4. The van der Waals surface area contributed by atoms with Gasteiger partial charge in [0.15, 0.2) is 11.5 Å². The first-order valence-electron chi connectivity index (χ1n) is 12.4. The molecule has 1 aromatic heterocycles. The van der Waals surface area contributed by atoms with E-state index in [4.69, 9.17) is 32.7 Å². The van der Waals surface area contributed by atoms with E-state index in [1.807, 2.05) is 30.3 Å². The van der Waals surface area contributed by atoms with Crippen molar-refractivity contribution in [2.24, 2.45) is 5.92 Å². The molecule has 0 radical (unpaired) electrons. The van der Waals surface area contributed by atoms with Gasteiger partial charge in [0, 0.05) is 50.4 Å². The van der Waals surface area contributed by atoms with Crippen molar-refractivity contribution in [1.82, 2.24) is 20.2 Å². The van der Waals surface area contributed by atoms with E-state index in [0.717, 1.165) is 49.2 Å². The molecule has 2 aromatic carbocycles. The maximum absolute atomic E-state index is 12.5. The zero-order valence-corrected chi connectivity index (χ0v) is 22.7. The molecular weight excluding hydrogens is 511 g/mol. The van der Waals surface area contributed by atoms with Gasteiger partial charge in [-0.25, -0.2) is 9.97 Å². The second-order valence-corrected chi connectivity index (χ2v) is 10.0. The lowest BCUT2D eigenvalue weighted by Gasteiger charge is -2.33. The van der Waals surface area contributed by atoms with Crippen LogP contribution in [-0.4, -0.2) is 54.6 Å². The number of likely N-dealkylation sites (tertiary alicyclic amines) is 1. The Kier molecular flexibility index (Phi) is 9.61. The number of nitrogens with zero attached hydrogens (tertiary/aromatic N) is 3. The van der Waals surface area contributed by atoms with Crippen molar-refractivity contribution in [3.8, 4) is 22.6 Å². The van der Waals surface area contributed by atoms with Crippen LogP contribution in [0.4, 0.5) is 0 Å². The third-order valence-corrected chi connectivity index (χ3v) is 7.47. The van der Waals surface area contributed by atoms with Gasteiger partial charge in [0.2, 0.25) is 5.91 Å². The molecule has 1 fully saturated rings. The first kappa shape index (κ1) is 27.2. The Morgan fingerprint density at radius 2 is 1.86 bits per heavy atom. The third-order valence-electron chi connectivity index (χ3n) is 6.61. The summed E-state index contributed by atoms with van der Waals surface area (Å²) < 4.78 is 10.7. The number of rotatable bonds is 10. The number of ether oxygens (including phenoxy) is 2. The van der Waals surface area contributed by atoms with Crippen molar-refractivity contribution >= 4 is 29.1 Å². The molecule has 1 atom stereocenters. The molecule has 7 nitrogen and oxygen atoms in total. The number of benzene rings is 2. The molecule has 1 N–H and O–H groups in total. The van der Waals surface area contributed by atoms with Crippen LogP contribution in [0.1, 0.15) is 30.7 Å². The van der Waals surface area contributed by atoms with Gasteiger partial charge < -0.3 is 14.8 Å². The first-order chi connectivity index (χ1) is 18.0. The van der Waals surface area contributed by atoms with Gasteiger partial charge in [-0.15, -0.1) is 0 Å². The molecule has 0 aliphatic carbocycles. The lowest BCUT2D eigenvalue weighted by Crippen LogP contribution is -2.40. The van der Waals surface area contributed by atoms with Gasteiger partial charge >= 0.3 is 0 Å². The number of carbonyl (C=O) groups is 1. The van der Waals surface area contributed by atoms with Gasteiger partial charge in [-0.05, 0) is 54.6 Å². The highest BCUT2D eigenvalue weighted by atomic mass is 35.5. The zero-order chi connectivity index (χ0) is 26.2. The van der Waals surface area contributed by atoms with Gasteiger partial charge in [0.1, 0.15) is 5.82 Å². The standard InChI is InChI=1S/C28H32Cl2N4O3/c1-36-24-9-8-20(13-25(24)37-2)22-15-31-26(32-16-22)10-11-27(35)33-14-19-5-4-12-34(17-19)18-21-6-3-7-23(29)28(21)30/h3,6-9,13,15-16,19H,4-5,10-12,14,17-18H2,1-2H3,(H,33,35). The van der Waals surface area contributed by atoms with Gasteiger partial charge in [-0.3, -0.25) is 9.69 Å². The number of aromatic nitrogens is 2. The van der Waals surface area contributed by atoms with Crippen molar-refractivity contribution in [2.45, 2.75) is 32.2 Å². The van der Waals surface area contributed by atoms with E-state index in [1.165, 1.54) is 0 Å². The van der Waals surface area contributed by atoms with Crippen molar-refractivity contribution in [1.29, 1.82) is 0 Å². The minimum atomic E-state index is 0.0163. The Balaban J connectivity index is 1.23. The molecule has 4 rings (SSSR count). The van der Waals surface area contributed by atoms with Crippen LogP contribution in [0.2, 0.25) is 10.0 Å². The SMILES string of the molecule is COc1ccc(-c2cnc(CCC(=O)NCC3CCCN(Cc4cccc(Cl)c4Cl)C3)nc2)cc1OC. The van der Waals surface area contributed by atoms with Crippen molar-refractivity contribution in [3.05, 3.63) is 70.2 Å². The number of hydrogen-bond donors (Lipinski definition) is 1. The molecule has 1 aliphatic rings. The Morgan fingerprint density at radius 1 is 1.08 bits per heavy atom. The summed E-state index contributed by atoms with van der Waals surface area (Å²) in [5.74, 6) is 2.38. The average Bonchev–Trinajstić information content (AvgIpc) is 2.93. The number of amides is 1. The lowest BCUT2D eigenvalue weighted by molar-refractivity contribution is -0.121. The van der Waals surface area contributed by atoms with Crippen LogP contribution in [0.3, 0.4) is 0 Å². The predicted octanol–water partition coefficient (Wildman–Crippen LogP) is 5.43. The van der Waals surface area contributed by atoms with Crippen LogP contribution < -0.4 is 14.8 Å². The highest BCUT2D eigenvalue weighted by molar-refractivity contribution is 6.42. The quantitative estimate of drug-likeness (QED) is 0.368. The molecule has 0 saturated carbocycles. The van der Waals surface area contributed by atoms with Crippen LogP contribution >= 0.6 is 23.2 Å². The zero-order valence-electron chi connectivity index (χ0n) is 21.2. The van der Waals surface area contributed by atoms with E-state index in [1.54, 1.807) is 32.7 Å². The third kappa shape index (κ3) is 7.34. The van der Waals surface area contributed by atoms with Crippen LogP contribution in [0.5, 0.6) is 11.5 Å². The average molecular weight is 543 g/mol. The number of aryl methyl sites for hydroxylation is 1. The monoisotopic (exact) mass is 542 g/mol. The summed E-state index contributed by atoms with van der Waals surface area (Å²) in [7, 11) is 3.21. The predicted molar refractivity (Wildman–Crippen MR) is 146 cm³/mol. The number of piperidine rings is 1. The van der Waals surface area contributed by atoms with Gasteiger partial charge in [0.25, 0.3) is 0 Å². The van der Waals surface area contributed by atoms with Gasteiger partial charge in [-0.2, -0.15) is 0 Å². The van der Waals surface area contributed by atoms with Crippen molar-refractivity contribution in [3.63, 3.8) is 0 Å². The normalized spacial score (nSPS) is 15.8. The fourth-order valence-electron chi connectivity index (χ4n) is 4.59. The summed E-state index contributed by atoms with van der Waals surface area (Å²) in [6.45, 7) is 3.37. The molecule has 9 heteroatoms. The second-order valence-electron chi connectivity index (χ2n) is 9.22. The summed E-state index contributed by atoms with van der Waals surface area (Å²) in [5, 5.41) is 4.30. The highest BCUT2D eigenvalue weighted by Gasteiger charge is 2.21. The number of nitrogens with one attached hydrogen (secondary N) is 1. The van der Waals surface area contributed by atoms with Gasteiger partial charge in [0.05, 0.1) is 24.3 Å². The largest absolute Gasteiger partial charge is 0.493 e. The molecule has 1 aliphatic heterocycles. The fraction of sp³-hybridized carbons (Fsp3) is 0.393. The number of methoxy groups -OCH3 is 2. The van der Waals surface area contributed by atoms with Crippen LogP contribution in [0, 0.1) is 5.92 Å². The van der Waals surface area contributed by atoms with Crippen molar-refractivity contribution in [2.75, 3.05) is 33.9 Å². The highest BCUT2D eigenvalue weighted by Crippen LogP contribution is 2.32. The smallest absolute Gasteiger partial charge is 0.220 e. The molecule has 0 bridgehead atoms. The molecule has 37 heavy (non-hydrogen) atoms. The second kappa shape index (κ2) is 13.1. The Labute approximate surface area is 228 Å². The van der Waals surface area contributed by atoms with Gasteiger partial charge in [-0.1, -0.05) is 41.4 Å². The van der Waals surface area contributed by atoms with E-state index in [0.29, 0.717) is 52.7 Å². The molecule has 1 saturated heterocycles. The fourth-order valence-corrected chi connectivity index (χ4v) is 4.97. The maximum atomic E-state index is 12.5. The van der Waals surface area contributed by atoms with Crippen LogP contribution in [-0.2, 0) is 17.8 Å². The topological polar surface area (TPSA) is 76.6 Å². The minimum Gasteiger partial charge on any atom is -0.493 e. The summed E-state index contributed by atoms with van der Waals surface area (Å²) in [4.78, 5) is 23.8. The Morgan fingerprint density at radius 3 is 2.62 bits per heavy atom. The lowest BCUT2D eigenvalue weighted by atomic mass is 9.97. The molecule has 196 valence electrons. The minimum absolute atomic E-state index is 0.0163. The maximum Gasteiger partial charge on any atom is 0.220 e. The van der Waals surface area contributed by atoms with E-state index < -0.39 is 0 Å². The van der Waals surface area contributed by atoms with E-state index in [-0.39, 0.29) is 5.91 Å². The number of hydrogen-bond acceptors (Lipinski definition) is 6. The molecule has 1 unspecified atom stereocenters. The summed E-state index contributed by atoms with van der Waals surface area (Å²) >= 11 is 12.5. The number of halogens is 2. The molecule has 2 heterocycles. The molecule has 0 spiro atoms. The van der Waals surface area contributed by atoms with Crippen molar-refractivity contribution < 1.29 is 14.3 Å². The molecule has 3 aromatic rings.